The van der Waals surface area contributed by atoms with Crippen molar-refractivity contribution in [3.63, 3.8) is 0 Å². The highest BCUT2D eigenvalue weighted by atomic mass is 32.2. The fourth-order valence-electron chi connectivity index (χ4n) is 1.80. The van der Waals surface area contributed by atoms with E-state index in [9.17, 15) is 8.78 Å². The normalized spacial score (nSPS) is 10.7. The first kappa shape index (κ1) is 13.9. The van der Waals surface area contributed by atoms with E-state index < -0.39 is 6.61 Å². The van der Waals surface area contributed by atoms with Gasteiger partial charge in [0.05, 0.1) is 0 Å². The lowest BCUT2D eigenvalue weighted by Crippen LogP contribution is -2.02. The van der Waals surface area contributed by atoms with E-state index in [0.29, 0.717) is 5.56 Å². The van der Waals surface area contributed by atoms with Crippen molar-refractivity contribution in [1.29, 1.82) is 0 Å². The van der Waals surface area contributed by atoms with Crippen molar-refractivity contribution in [2.24, 2.45) is 0 Å². The first-order chi connectivity index (χ1) is 9.20. The van der Waals surface area contributed by atoms with E-state index in [1.165, 1.54) is 4.90 Å². The van der Waals surface area contributed by atoms with Gasteiger partial charge in [0.2, 0.25) is 0 Å². The fraction of sp³-hybridized carbons (Fsp3) is 0.200. The predicted octanol–water partition coefficient (Wildman–Crippen LogP) is 5.07. The molecule has 0 spiro atoms. The SMILES string of the molecule is CCSc1ccc(-c2ccccc2OC(F)F)cc1. The zero-order chi connectivity index (χ0) is 13.7. The van der Waals surface area contributed by atoms with Crippen LogP contribution in [0.1, 0.15) is 6.92 Å². The monoisotopic (exact) mass is 280 g/mol. The van der Waals surface area contributed by atoms with Crippen LogP contribution in [0.5, 0.6) is 5.75 Å². The Hall–Kier alpha value is -1.55. The maximum atomic E-state index is 12.4. The molecule has 19 heavy (non-hydrogen) atoms. The van der Waals surface area contributed by atoms with Gasteiger partial charge in [0, 0.05) is 10.5 Å². The predicted molar refractivity (Wildman–Crippen MR) is 74.9 cm³/mol. The average Bonchev–Trinajstić information content (AvgIpc) is 2.40. The number of alkyl halides is 2. The lowest BCUT2D eigenvalue weighted by Gasteiger charge is -2.11. The minimum absolute atomic E-state index is 0.202. The highest BCUT2D eigenvalue weighted by Gasteiger charge is 2.10. The Morgan fingerprint density at radius 1 is 1.05 bits per heavy atom. The van der Waals surface area contributed by atoms with E-state index in [-0.39, 0.29) is 5.75 Å². The number of para-hydroxylation sites is 1. The maximum absolute atomic E-state index is 12.4. The molecule has 0 saturated carbocycles. The molecule has 100 valence electrons. The Balaban J connectivity index is 2.30. The van der Waals surface area contributed by atoms with Gasteiger partial charge >= 0.3 is 6.61 Å². The molecule has 2 aromatic rings. The van der Waals surface area contributed by atoms with Crippen LogP contribution < -0.4 is 4.74 Å². The van der Waals surface area contributed by atoms with Crippen LogP contribution in [-0.4, -0.2) is 12.4 Å². The number of hydrogen-bond donors (Lipinski definition) is 0. The van der Waals surface area contributed by atoms with Gasteiger partial charge in [-0.15, -0.1) is 11.8 Å². The smallest absolute Gasteiger partial charge is 0.387 e. The van der Waals surface area contributed by atoms with Gasteiger partial charge in [0.1, 0.15) is 5.75 Å². The second-order valence-corrected chi connectivity index (χ2v) is 5.17. The molecule has 0 heterocycles. The molecule has 0 aliphatic rings. The second-order valence-electron chi connectivity index (χ2n) is 3.83. The Morgan fingerprint density at radius 3 is 2.37 bits per heavy atom. The van der Waals surface area contributed by atoms with E-state index in [1.807, 2.05) is 30.3 Å². The quantitative estimate of drug-likeness (QED) is 0.707. The van der Waals surface area contributed by atoms with Gasteiger partial charge in [0.15, 0.2) is 0 Å². The van der Waals surface area contributed by atoms with Crippen molar-refractivity contribution in [1.82, 2.24) is 0 Å². The van der Waals surface area contributed by atoms with Crippen LogP contribution in [0.3, 0.4) is 0 Å². The van der Waals surface area contributed by atoms with Crippen LogP contribution in [0, 0.1) is 0 Å². The lowest BCUT2D eigenvalue weighted by atomic mass is 10.1. The Kier molecular flexibility index (Phi) is 4.80. The summed E-state index contributed by atoms with van der Waals surface area (Å²) in [4.78, 5) is 1.17. The molecular weight excluding hydrogens is 266 g/mol. The van der Waals surface area contributed by atoms with Crippen molar-refractivity contribution < 1.29 is 13.5 Å². The topological polar surface area (TPSA) is 9.23 Å². The van der Waals surface area contributed by atoms with Gasteiger partial charge in [-0.3, -0.25) is 0 Å². The molecule has 0 N–H and O–H groups in total. The van der Waals surface area contributed by atoms with Gasteiger partial charge < -0.3 is 4.74 Å². The summed E-state index contributed by atoms with van der Waals surface area (Å²) in [5.74, 6) is 1.21. The minimum Gasteiger partial charge on any atom is -0.434 e. The highest BCUT2D eigenvalue weighted by Crippen LogP contribution is 2.32. The Bertz CT molecular complexity index is 526. The Labute approximate surface area is 115 Å². The van der Waals surface area contributed by atoms with Crippen molar-refractivity contribution in [2.45, 2.75) is 18.4 Å². The zero-order valence-corrected chi connectivity index (χ0v) is 11.3. The van der Waals surface area contributed by atoms with Gasteiger partial charge in [-0.1, -0.05) is 37.3 Å². The van der Waals surface area contributed by atoms with E-state index in [1.54, 1.807) is 30.0 Å². The fourth-order valence-corrected chi connectivity index (χ4v) is 2.46. The number of benzene rings is 2. The highest BCUT2D eigenvalue weighted by molar-refractivity contribution is 7.99. The molecule has 2 aromatic carbocycles. The summed E-state index contributed by atoms with van der Waals surface area (Å²) >= 11 is 1.74. The molecule has 0 unspecified atom stereocenters. The summed E-state index contributed by atoms with van der Waals surface area (Å²) in [6.07, 6.45) is 0. The molecule has 0 amide bonds. The van der Waals surface area contributed by atoms with E-state index in [0.717, 1.165) is 11.3 Å². The summed E-state index contributed by atoms with van der Waals surface area (Å²) in [6.45, 7) is -0.722. The van der Waals surface area contributed by atoms with Gasteiger partial charge in [0.25, 0.3) is 0 Å². The van der Waals surface area contributed by atoms with Crippen molar-refractivity contribution >= 4 is 11.8 Å². The van der Waals surface area contributed by atoms with Gasteiger partial charge in [-0.2, -0.15) is 8.78 Å². The maximum Gasteiger partial charge on any atom is 0.387 e. The number of ether oxygens (including phenoxy) is 1. The van der Waals surface area contributed by atoms with Crippen LogP contribution in [0.25, 0.3) is 11.1 Å². The van der Waals surface area contributed by atoms with Crippen LogP contribution >= 0.6 is 11.8 Å². The third-order valence-electron chi connectivity index (χ3n) is 2.58. The number of thioether (sulfide) groups is 1. The van der Waals surface area contributed by atoms with E-state index in [2.05, 4.69) is 11.7 Å². The number of rotatable bonds is 5. The largest absolute Gasteiger partial charge is 0.434 e. The molecule has 0 radical (unpaired) electrons. The number of hydrogen-bond acceptors (Lipinski definition) is 2. The summed E-state index contributed by atoms with van der Waals surface area (Å²) in [7, 11) is 0. The first-order valence-electron chi connectivity index (χ1n) is 5.97. The summed E-state index contributed by atoms with van der Waals surface area (Å²) in [5, 5.41) is 0. The average molecular weight is 280 g/mol. The molecular formula is C15H14F2OS. The molecule has 2 rings (SSSR count). The summed E-state index contributed by atoms with van der Waals surface area (Å²) < 4.78 is 29.2. The van der Waals surface area contributed by atoms with Crippen molar-refractivity contribution in [3.8, 4) is 16.9 Å². The van der Waals surface area contributed by atoms with Gasteiger partial charge in [-0.25, -0.2) is 0 Å². The molecule has 0 aromatic heterocycles. The van der Waals surface area contributed by atoms with Crippen LogP contribution in [0.4, 0.5) is 8.78 Å². The molecule has 0 bridgehead atoms. The Morgan fingerprint density at radius 2 is 1.74 bits per heavy atom. The van der Waals surface area contributed by atoms with E-state index in [4.69, 9.17) is 0 Å². The minimum atomic E-state index is -2.81. The molecule has 0 saturated heterocycles. The standard InChI is InChI=1S/C15H14F2OS/c1-2-19-12-9-7-11(8-10-12)13-5-3-4-6-14(13)18-15(16)17/h3-10,15H,2H2,1H3. The zero-order valence-electron chi connectivity index (χ0n) is 10.5. The molecule has 4 heteroatoms. The van der Waals surface area contributed by atoms with E-state index >= 15 is 0 Å². The molecule has 1 nitrogen and oxygen atoms in total. The lowest BCUT2D eigenvalue weighted by molar-refractivity contribution is -0.0494. The molecule has 0 aliphatic carbocycles. The second kappa shape index (κ2) is 6.57. The van der Waals surface area contributed by atoms with Crippen LogP contribution in [-0.2, 0) is 0 Å². The molecule has 0 atom stereocenters. The molecule has 0 aliphatic heterocycles. The van der Waals surface area contributed by atoms with Gasteiger partial charge in [-0.05, 0) is 29.5 Å². The van der Waals surface area contributed by atoms with Crippen molar-refractivity contribution in [2.75, 3.05) is 5.75 Å². The third kappa shape index (κ3) is 3.70. The first-order valence-corrected chi connectivity index (χ1v) is 6.96. The van der Waals surface area contributed by atoms with Crippen molar-refractivity contribution in [3.05, 3.63) is 48.5 Å². The van der Waals surface area contributed by atoms with Crippen LogP contribution in [0.2, 0.25) is 0 Å². The number of halogens is 2. The summed E-state index contributed by atoms with van der Waals surface area (Å²) in [6, 6.07) is 14.6. The summed E-state index contributed by atoms with van der Waals surface area (Å²) in [5.41, 5.74) is 1.55. The molecule has 0 fully saturated rings. The van der Waals surface area contributed by atoms with Crippen LogP contribution in [0.15, 0.2) is 53.4 Å². The third-order valence-corrected chi connectivity index (χ3v) is 3.47.